The van der Waals surface area contributed by atoms with E-state index in [1.54, 1.807) is 16.7 Å². The van der Waals surface area contributed by atoms with Gasteiger partial charge in [-0.05, 0) is 91.0 Å². The van der Waals surface area contributed by atoms with Crippen LogP contribution in [0.25, 0.3) is 10.9 Å². The number of aryl methyl sites for hydroxylation is 2. The van der Waals surface area contributed by atoms with Gasteiger partial charge < -0.3 is 19.9 Å². The van der Waals surface area contributed by atoms with Crippen LogP contribution in [0.4, 0.5) is 4.79 Å². The van der Waals surface area contributed by atoms with Crippen molar-refractivity contribution in [2.45, 2.75) is 127 Å². The number of aromatic nitrogens is 1. The Bertz CT molecular complexity index is 1960. The van der Waals surface area contributed by atoms with Crippen LogP contribution in [0.15, 0.2) is 36.4 Å². The van der Waals surface area contributed by atoms with Crippen molar-refractivity contribution < 1.29 is 32.3 Å². The van der Waals surface area contributed by atoms with Gasteiger partial charge in [-0.25, -0.2) is 18.2 Å². The van der Waals surface area contributed by atoms with Gasteiger partial charge in [-0.2, -0.15) is 0 Å². The summed E-state index contributed by atoms with van der Waals surface area (Å²) in [5.74, 6) is -0.913. The molecule has 4 heterocycles. The van der Waals surface area contributed by atoms with Gasteiger partial charge in [0.25, 0.3) is 0 Å². The number of urea groups is 1. The van der Waals surface area contributed by atoms with Crippen LogP contribution in [0.1, 0.15) is 103 Å². The Morgan fingerprint density at radius 3 is 2.55 bits per heavy atom. The Morgan fingerprint density at radius 1 is 1.06 bits per heavy atom. The molecule has 7 rings (SSSR count). The van der Waals surface area contributed by atoms with Gasteiger partial charge in [0.05, 0.1) is 34.0 Å². The van der Waals surface area contributed by atoms with Gasteiger partial charge in [0.2, 0.25) is 21.8 Å². The minimum atomic E-state index is -3.93. The van der Waals surface area contributed by atoms with E-state index >= 15 is 0 Å². The molecule has 286 valence electrons. The fourth-order valence-corrected chi connectivity index (χ4v) is 10.1. The molecule has 0 unspecified atom stereocenters. The number of rotatable bonds is 6. The van der Waals surface area contributed by atoms with E-state index in [-0.39, 0.29) is 43.0 Å². The lowest BCUT2D eigenvalue weighted by atomic mass is 9.85. The number of carbonyl (C=O) groups excluding carboxylic acids is 4. The first kappa shape index (κ1) is 37.3. The summed E-state index contributed by atoms with van der Waals surface area (Å²) >= 11 is 0. The number of hydrogen-bond donors (Lipinski definition) is 2. The van der Waals surface area contributed by atoms with Gasteiger partial charge >= 0.3 is 6.03 Å². The molecule has 2 saturated carbocycles. The molecule has 0 bridgehead atoms. The number of ketones is 1. The number of sulfonamides is 1. The molecule has 1 aromatic carbocycles. The number of carbonyl (C=O) groups is 4. The van der Waals surface area contributed by atoms with E-state index in [4.69, 9.17) is 9.72 Å². The second-order valence-corrected chi connectivity index (χ2v) is 18.4. The smallest absolute Gasteiger partial charge is 0.318 e. The minimum Gasteiger partial charge on any atom is -0.483 e. The molecule has 5 atom stereocenters. The summed E-state index contributed by atoms with van der Waals surface area (Å²) in [4.78, 5) is 64.9. The number of benzene rings is 1. The van der Waals surface area contributed by atoms with Gasteiger partial charge in [0.1, 0.15) is 17.4 Å². The number of ether oxygens (including phenoxy) is 1. The summed E-state index contributed by atoms with van der Waals surface area (Å²) in [5.41, 5.74) is 0.552. The number of allylic oxidation sites excluding steroid dienone is 2. The summed E-state index contributed by atoms with van der Waals surface area (Å²) in [6.45, 7) is 8.43. The number of nitrogens with one attached hydrogen (secondary N) is 2. The highest BCUT2D eigenvalue weighted by molar-refractivity contribution is 7.91. The Kier molecular flexibility index (Phi) is 9.86. The molecule has 3 aliphatic heterocycles. The van der Waals surface area contributed by atoms with Gasteiger partial charge in [-0.3, -0.25) is 19.1 Å². The molecule has 2 aromatic rings. The zero-order valence-corrected chi connectivity index (χ0v) is 32.2. The van der Waals surface area contributed by atoms with E-state index in [1.807, 2.05) is 57.2 Å². The number of nitrogens with zero attached hydrogens (tertiary/aromatic N) is 3. The summed E-state index contributed by atoms with van der Waals surface area (Å²) < 4.78 is 34.7. The van der Waals surface area contributed by atoms with Gasteiger partial charge in [-0.1, -0.05) is 43.2 Å². The number of Topliss-reactive ketones (excluding diaryl/α,β-unsaturated/α-hetero) is 1. The molecule has 13 heteroatoms. The van der Waals surface area contributed by atoms with Crippen LogP contribution in [0.3, 0.4) is 0 Å². The number of para-hydroxylation sites is 1. The number of fused-ring (bicyclic) bond motifs is 5. The van der Waals surface area contributed by atoms with Gasteiger partial charge in [-0.15, -0.1) is 0 Å². The first-order chi connectivity index (χ1) is 25.3. The molecule has 3 fully saturated rings. The zero-order valence-electron chi connectivity index (χ0n) is 31.4. The summed E-state index contributed by atoms with van der Waals surface area (Å²) in [5, 5.41) is 4.02. The van der Waals surface area contributed by atoms with Crippen LogP contribution in [-0.4, -0.2) is 88.9 Å². The fraction of sp³-hybridized carbons (Fsp3) is 0.625. The molecule has 0 radical (unpaired) electrons. The average molecular weight is 748 g/mol. The highest BCUT2D eigenvalue weighted by Gasteiger charge is 2.63. The third-order valence-electron chi connectivity index (χ3n) is 12.6. The normalized spacial score (nSPS) is 30.2. The zero-order chi connectivity index (χ0) is 37.8. The molecule has 53 heavy (non-hydrogen) atoms. The topological polar surface area (TPSA) is 155 Å². The lowest BCUT2D eigenvalue weighted by molar-refractivity contribution is -0.140. The number of amides is 4. The van der Waals surface area contributed by atoms with Crippen molar-refractivity contribution in [3.05, 3.63) is 47.7 Å². The van der Waals surface area contributed by atoms with Crippen molar-refractivity contribution in [3.8, 4) is 5.75 Å². The molecule has 1 saturated heterocycles. The molecule has 5 aliphatic rings. The predicted octanol–water partition coefficient (Wildman–Crippen LogP) is 5.11. The van der Waals surface area contributed by atoms with Gasteiger partial charge in [0.15, 0.2) is 5.78 Å². The Morgan fingerprint density at radius 2 is 1.81 bits per heavy atom. The molecular weight excluding hydrogens is 695 g/mol. The highest BCUT2D eigenvalue weighted by atomic mass is 32.2. The molecule has 1 spiro atoms. The third kappa shape index (κ3) is 6.94. The molecule has 2 N–H and O–H groups in total. The number of hydrogen-bond acceptors (Lipinski definition) is 8. The van der Waals surface area contributed by atoms with E-state index in [0.717, 1.165) is 41.4 Å². The average Bonchev–Trinajstić information content (AvgIpc) is 4.02. The maximum Gasteiger partial charge on any atom is 0.318 e. The van der Waals surface area contributed by atoms with Crippen LogP contribution < -0.4 is 14.8 Å². The SMILES string of the molecule is CCN(CC)C(=O)N[C@H]1CCCCC/C=C\[C@@H]2C[C@@]2(C(=O)NS(=O)(=O)C2(C)CC2)CC(=O)[C@@H]2C[C@]3(CCc4c(c(C)nc5ccccc45)O3)CN2C1=O. The van der Waals surface area contributed by atoms with E-state index < -0.39 is 43.8 Å². The minimum absolute atomic E-state index is 0.140. The van der Waals surface area contributed by atoms with Crippen molar-refractivity contribution >= 4 is 44.6 Å². The van der Waals surface area contributed by atoms with Crippen LogP contribution in [0.2, 0.25) is 0 Å². The summed E-state index contributed by atoms with van der Waals surface area (Å²) in [6, 6.07) is 5.83. The molecule has 2 aliphatic carbocycles. The summed E-state index contributed by atoms with van der Waals surface area (Å²) in [6.07, 6.45) is 10.1. The van der Waals surface area contributed by atoms with Gasteiger partial charge in [0, 0.05) is 36.9 Å². The molecule has 4 amide bonds. The maximum atomic E-state index is 14.8. The lowest BCUT2D eigenvalue weighted by Gasteiger charge is -2.37. The second kappa shape index (κ2) is 14.0. The maximum absolute atomic E-state index is 14.8. The van der Waals surface area contributed by atoms with Crippen LogP contribution in [0, 0.1) is 18.3 Å². The first-order valence-electron chi connectivity index (χ1n) is 19.4. The van der Waals surface area contributed by atoms with E-state index in [1.165, 1.54) is 0 Å². The molecule has 12 nitrogen and oxygen atoms in total. The van der Waals surface area contributed by atoms with Crippen molar-refractivity contribution in [1.82, 2.24) is 24.8 Å². The Hall–Kier alpha value is -4.00. The fourth-order valence-electron chi connectivity index (χ4n) is 8.73. The van der Waals surface area contributed by atoms with Crippen molar-refractivity contribution in [3.63, 3.8) is 0 Å². The number of pyridine rings is 1. The molecule has 1 aromatic heterocycles. The first-order valence-corrected chi connectivity index (χ1v) is 20.9. The predicted molar refractivity (Wildman–Crippen MR) is 201 cm³/mol. The lowest BCUT2D eigenvalue weighted by Crippen LogP contribution is -2.55. The van der Waals surface area contributed by atoms with E-state index in [2.05, 4.69) is 10.0 Å². The van der Waals surface area contributed by atoms with Crippen LogP contribution in [-0.2, 0) is 30.8 Å². The van der Waals surface area contributed by atoms with Crippen molar-refractivity contribution in [1.29, 1.82) is 0 Å². The van der Waals surface area contributed by atoms with Crippen LogP contribution >= 0.6 is 0 Å². The molecular formula is C40H53N5O7S. The van der Waals surface area contributed by atoms with E-state index in [9.17, 15) is 27.6 Å². The third-order valence-corrected chi connectivity index (χ3v) is 14.8. The standard InChI is InChI=1S/C40H53N5O7S/c1-5-44(6-2)37(49)42-31-17-11-9-7-8-10-14-27-22-40(27,36(48)43-53(50,51)38(4)20-21-38)24-33(46)32-23-39(25-45(32)35(31)47)19-18-29-28-15-12-13-16-30(28)41-26(3)34(29)52-39/h10,12-16,27,31-32H,5-9,11,17-25H2,1-4H3,(H,42,49)(H,43,48)/b14-10-/t27-,31+,32+,39-,40-/m1/s1. The van der Waals surface area contributed by atoms with Crippen molar-refractivity contribution in [2.24, 2.45) is 11.3 Å². The Labute approximate surface area is 312 Å². The largest absolute Gasteiger partial charge is 0.483 e. The van der Waals surface area contributed by atoms with Crippen LogP contribution in [0.5, 0.6) is 5.75 Å². The second-order valence-electron chi connectivity index (χ2n) is 16.2. The Balaban J connectivity index is 1.24. The monoisotopic (exact) mass is 747 g/mol. The van der Waals surface area contributed by atoms with Crippen molar-refractivity contribution in [2.75, 3.05) is 19.6 Å². The summed E-state index contributed by atoms with van der Waals surface area (Å²) in [7, 11) is -3.93. The quantitative estimate of drug-likeness (QED) is 0.387. The highest BCUT2D eigenvalue weighted by Crippen LogP contribution is 2.58. The van der Waals surface area contributed by atoms with E-state index in [0.29, 0.717) is 63.8 Å².